The number of esters is 1. The number of imidazole rings is 1. The number of aryl methyl sites for hydroxylation is 1. The summed E-state index contributed by atoms with van der Waals surface area (Å²) < 4.78 is 12.1. The number of ether oxygens (including phenoxy) is 2. The van der Waals surface area contributed by atoms with Crippen molar-refractivity contribution in [3.8, 4) is 0 Å². The van der Waals surface area contributed by atoms with Crippen LogP contribution in [-0.4, -0.2) is 58.2 Å². The van der Waals surface area contributed by atoms with Crippen molar-refractivity contribution in [2.75, 3.05) is 30.0 Å². The third kappa shape index (κ3) is 8.68. The molecule has 0 bridgehead atoms. The number of pyridine rings is 1. The van der Waals surface area contributed by atoms with Gasteiger partial charge < -0.3 is 19.4 Å². The number of nitrogens with one attached hydrogen (secondary N) is 2. The largest absolute Gasteiger partial charge is 0.466 e. The van der Waals surface area contributed by atoms with Crippen LogP contribution in [0, 0.1) is 5.92 Å². The molecule has 2 aromatic heterocycles. The fourth-order valence-electron chi connectivity index (χ4n) is 4.81. The van der Waals surface area contributed by atoms with E-state index < -0.39 is 12.0 Å². The average Bonchev–Trinajstić information content (AvgIpc) is 3.39. The van der Waals surface area contributed by atoms with E-state index in [1.54, 1.807) is 67.7 Å². The third-order valence-electron chi connectivity index (χ3n) is 7.65. The molecular weight excluding hydrogens is 588 g/mol. The summed E-state index contributed by atoms with van der Waals surface area (Å²) in [6, 6.07) is 17.3. The molecular formula is C34H40N6O6. The molecule has 12 heteroatoms. The number of carbonyl (C=O) groups is 4. The smallest absolute Gasteiger partial charge is 0.414 e. The molecule has 12 nitrogen and oxygen atoms in total. The maximum absolute atomic E-state index is 13.6. The van der Waals surface area contributed by atoms with Gasteiger partial charge in [-0.3, -0.25) is 24.6 Å². The molecule has 3 amide bonds. The van der Waals surface area contributed by atoms with E-state index in [9.17, 15) is 19.2 Å². The molecule has 2 aromatic carbocycles. The van der Waals surface area contributed by atoms with E-state index >= 15 is 0 Å². The predicted octanol–water partition coefficient (Wildman–Crippen LogP) is 5.48. The molecule has 0 saturated heterocycles. The van der Waals surface area contributed by atoms with Gasteiger partial charge in [0.2, 0.25) is 0 Å². The molecule has 4 rings (SSSR count). The zero-order valence-corrected chi connectivity index (χ0v) is 26.6. The fraction of sp³-hybridized carbons (Fsp3) is 0.353. The maximum atomic E-state index is 13.6. The molecule has 0 atom stereocenters. The lowest BCUT2D eigenvalue weighted by atomic mass is 10.1. The van der Waals surface area contributed by atoms with Crippen LogP contribution in [0.1, 0.15) is 66.6 Å². The number of nitrogens with zero attached hydrogens (tertiary/aromatic N) is 4. The molecule has 0 aliphatic heterocycles. The first kappa shape index (κ1) is 33.6. The van der Waals surface area contributed by atoms with Crippen LogP contribution >= 0.6 is 0 Å². The van der Waals surface area contributed by atoms with E-state index in [2.05, 4.69) is 15.6 Å². The molecule has 0 unspecified atom stereocenters. The van der Waals surface area contributed by atoms with Crippen molar-refractivity contribution in [3.63, 3.8) is 0 Å². The van der Waals surface area contributed by atoms with Crippen molar-refractivity contribution in [2.45, 2.75) is 46.6 Å². The van der Waals surface area contributed by atoms with Crippen molar-refractivity contribution < 1.29 is 28.7 Å². The molecule has 4 aromatic rings. The molecule has 242 valence electrons. The Bertz CT molecular complexity index is 1650. The van der Waals surface area contributed by atoms with Gasteiger partial charge in [-0.05, 0) is 67.4 Å². The number of hydrogen-bond acceptors (Lipinski definition) is 9. The van der Waals surface area contributed by atoms with Crippen molar-refractivity contribution in [1.82, 2.24) is 19.9 Å². The predicted molar refractivity (Wildman–Crippen MR) is 175 cm³/mol. The summed E-state index contributed by atoms with van der Waals surface area (Å²) in [7, 11) is 1.89. The van der Waals surface area contributed by atoms with Crippen molar-refractivity contribution >= 4 is 46.4 Å². The summed E-state index contributed by atoms with van der Waals surface area (Å²) in [5.74, 6) is 0.194. The standard InChI is InChI=1S/C34H40N6O6/c1-5-23(6-2)22-46-34(44)38-32(42)24-11-14-26(15-12-24)36-21-30-37-27-20-25(13-16-28(27)39(30)4)33(43)40(19-17-31(41)45-7-3)29-10-8-9-18-35-29/h8-16,18,20,23,36H,5-7,17,19,21-22H2,1-4H3,(H,38,42,44). The van der Waals surface area contributed by atoms with E-state index in [-0.39, 0.29) is 44.0 Å². The van der Waals surface area contributed by atoms with Crippen LogP contribution in [0.15, 0.2) is 66.9 Å². The minimum absolute atomic E-state index is 0.0362. The van der Waals surface area contributed by atoms with Crippen LogP contribution in [0.25, 0.3) is 11.0 Å². The van der Waals surface area contributed by atoms with Gasteiger partial charge in [-0.15, -0.1) is 0 Å². The zero-order valence-electron chi connectivity index (χ0n) is 26.6. The Balaban J connectivity index is 1.40. The van der Waals surface area contributed by atoms with Crippen LogP contribution in [-0.2, 0) is 27.9 Å². The van der Waals surface area contributed by atoms with Gasteiger partial charge in [0, 0.05) is 36.6 Å². The molecule has 0 fully saturated rings. The second kappa shape index (κ2) is 16.2. The number of carbonyl (C=O) groups excluding carboxylic acids is 4. The van der Waals surface area contributed by atoms with E-state index in [0.29, 0.717) is 29.0 Å². The molecule has 2 N–H and O–H groups in total. The summed E-state index contributed by atoms with van der Waals surface area (Å²) in [5.41, 5.74) is 2.97. The highest BCUT2D eigenvalue weighted by atomic mass is 16.5. The van der Waals surface area contributed by atoms with E-state index in [0.717, 1.165) is 29.9 Å². The first-order valence-electron chi connectivity index (χ1n) is 15.4. The van der Waals surface area contributed by atoms with Gasteiger partial charge in [-0.2, -0.15) is 0 Å². The van der Waals surface area contributed by atoms with Crippen molar-refractivity contribution in [2.24, 2.45) is 13.0 Å². The average molecular weight is 629 g/mol. The van der Waals surface area contributed by atoms with Crippen LogP contribution in [0.5, 0.6) is 0 Å². The minimum atomic E-state index is -0.757. The number of alkyl carbamates (subject to hydrolysis) is 1. The molecule has 46 heavy (non-hydrogen) atoms. The van der Waals surface area contributed by atoms with Gasteiger partial charge >= 0.3 is 12.1 Å². The first-order chi connectivity index (χ1) is 22.2. The summed E-state index contributed by atoms with van der Waals surface area (Å²) >= 11 is 0. The Kier molecular flexibility index (Phi) is 11.8. The summed E-state index contributed by atoms with van der Waals surface area (Å²) in [4.78, 5) is 60.6. The number of hydrogen-bond donors (Lipinski definition) is 2. The SMILES string of the molecule is CCOC(=O)CCN(C(=O)c1ccc2c(c1)nc(CNc1ccc(C(=O)NC(=O)OCC(CC)CC)cc1)n2C)c1ccccn1. The van der Waals surface area contributed by atoms with Gasteiger partial charge in [0.15, 0.2) is 0 Å². The molecule has 2 heterocycles. The van der Waals surface area contributed by atoms with Gasteiger partial charge in [0.05, 0.1) is 37.2 Å². The fourth-order valence-corrected chi connectivity index (χ4v) is 4.81. The Morgan fingerprint density at radius 2 is 1.67 bits per heavy atom. The molecule has 0 radical (unpaired) electrons. The van der Waals surface area contributed by atoms with Gasteiger partial charge in [0.1, 0.15) is 11.6 Å². The lowest BCUT2D eigenvalue weighted by Crippen LogP contribution is -2.34. The lowest BCUT2D eigenvalue weighted by Gasteiger charge is -2.21. The van der Waals surface area contributed by atoms with Crippen LogP contribution in [0.3, 0.4) is 0 Å². The molecule has 0 aliphatic rings. The van der Waals surface area contributed by atoms with Gasteiger partial charge in [0.25, 0.3) is 11.8 Å². The normalized spacial score (nSPS) is 10.9. The summed E-state index contributed by atoms with van der Waals surface area (Å²) in [5, 5.41) is 5.56. The monoisotopic (exact) mass is 628 g/mol. The highest BCUT2D eigenvalue weighted by molar-refractivity contribution is 6.07. The molecule has 0 spiro atoms. The number of amides is 3. The highest BCUT2D eigenvalue weighted by Gasteiger charge is 2.22. The summed E-state index contributed by atoms with van der Waals surface area (Å²) in [6.45, 7) is 6.83. The quantitative estimate of drug-likeness (QED) is 0.173. The lowest BCUT2D eigenvalue weighted by molar-refractivity contribution is -0.142. The van der Waals surface area contributed by atoms with Crippen LogP contribution in [0.4, 0.5) is 16.3 Å². The molecule has 0 saturated carbocycles. The second-order valence-electron chi connectivity index (χ2n) is 10.7. The van der Waals surface area contributed by atoms with Crippen LogP contribution < -0.4 is 15.5 Å². The zero-order chi connectivity index (χ0) is 33.1. The minimum Gasteiger partial charge on any atom is -0.466 e. The first-order valence-corrected chi connectivity index (χ1v) is 15.4. The Labute approximate surface area is 268 Å². The Hall–Kier alpha value is -5.26. The van der Waals surface area contributed by atoms with Gasteiger partial charge in [-0.25, -0.2) is 14.8 Å². The second-order valence-corrected chi connectivity index (χ2v) is 10.7. The van der Waals surface area contributed by atoms with Crippen molar-refractivity contribution in [3.05, 3.63) is 83.8 Å². The number of anilines is 2. The van der Waals surface area contributed by atoms with Crippen LogP contribution in [0.2, 0.25) is 0 Å². The Morgan fingerprint density at radius 1 is 0.935 bits per heavy atom. The third-order valence-corrected chi connectivity index (χ3v) is 7.65. The van der Waals surface area contributed by atoms with E-state index in [1.165, 1.54) is 4.90 Å². The number of aromatic nitrogens is 3. The summed E-state index contributed by atoms with van der Waals surface area (Å²) in [6.07, 6.45) is 2.66. The number of fused-ring (bicyclic) bond motifs is 1. The number of benzene rings is 2. The number of rotatable bonds is 14. The Morgan fingerprint density at radius 3 is 2.35 bits per heavy atom. The van der Waals surface area contributed by atoms with E-state index in [4.69, 9.17) is 14.5 Å². The highest BCUT2D eigenvalue weighted by Crippen LogP contribution is 2.21. The maximum Gasteiger partial charge on any atom is 0.414 e. The number of imide groups is 1. The van der Waals surface area contributed by atoms with Crippen molar-refractivity contribution in [1.29, 1.82) is 0 Å². The van der Waals surface area contributed by atoms with Gasteiger partial charge in [-0.1, -0.05) is 32.8 Å². The topological polar surface area (TPSA) is 145 Å². The van der Waals surface area contributed by atoms with E-state index in [1.807, 2.05) is 31.5 Å². The molecule has 0 aliphatic carbocycles.